The summed E-state index contributed by atoms with van der Waals surface area (Å²) >= 11 is 5.70. The van der Waals surface area contributed by atoms with E-state index in [-0.39, 0.29) is 23.2 Å². The van der Waals surface area contributed by atoms with Crippen molar-refractivity contribution in [3.8, 4) is 0 Å². The monoisotopic (exact) mass is 330 g/mol. The van der Waals surface area contributed by atoms with Gasteiger partial charge in [0.05, 0.1) is 11.9 Å². The van der Waals surface area contributed by atoms with Gasteiger partial charge in [-0.15, -0.1) is 0 Å². The number of aromatic nitrogens is 2. The van der Waals surface area contributed by atoms with Crippen LogP contribution in [0.25, 0.3) is 17.2 Å². The van der Waals surface area contributed by atoms with Gasteiger partial charge >= 0.3 is 0 Å². The number of hydrogen-bond donors (Lipinski definition) is 1. The van der Waals surface area contributed by atoms with E-state index in [9.17, 15) is 9.18 Å². The summed E-state index contributed by atoms with van der Waals surface area (Å²) in [5, 5.41) is 2.83. The number of nitrogens with one attached hydrogen (secondary N) is 1. The average Bonchev–Trinajstić information content (AvgIpc) is 2.88. The van der Waals surface area contributed by atoms with Gasteiger partial charge in [0.1, 0.15) is 5.82 Å². The zero-order valence-corrected chi connectivity index (χ0v) is 12.9. The molecule has 1 aromatic heterocycles. The molecule has 0 unspecified atom stereocenters. The first-order chi connectivity index (χ1) is 11.1. The van der Waals surface area contributed by atoms with Crippen LogP contribution in [0, 0.1) is 5.82 Å². The van der Waals surface area contributed by atoms with Gasteiger partial charge in [-0.3, -0.25) is 4.79 Å². The zero-order valence-electron chi connectivity index (χ0n) is 12.2. The zero-order chi connectivity index (χ0) is 16.4. The Bertz CT molecular complexity index is 904. The molecule has 0 radical (unpaired) electrons. The number of nitrogens with zero attached hydrogens (tertiary/aromatic N) is 2. The maximum Gasteiger partial charge on any atom is 0.266 e. The fourth-order valence-electron chi connectivity index (χ4n) is 2.41. The third-order valence-electron chi connectivity index (χ3n) is 3.45. The van der Waals surface area contributed by atoms with E-state index >= 15 is 0 Å². The normalized spacial score (nSPS) is 10.7. The highest BCUT2D eigenvalue weighted by molar-refractivity contribution is 6.30. The molecule has 0 saturated carbocycles. The molecule has 3 aromatic rings. The second-order valence-corrected chi connectivity index (χ2v) is 5.43. The van der Waals surface area contributed by atoms with Crippen molar-refractivity contribution in [3.63, 3.8) is 0 Å². The highest BCUT2D eigenvalue weighted by Crippen LogP contribution is 2.18. The van der Waals surface area contributed by atoms with Crippen LogP contribution in [0.1, 0.15) is 0 Å². The summed E-state index contributed by atoms with van der Waals surface area (Å²) in [4.78, 5) is 12.2. The molecule has 0 aliphatic carbocycles. The lowest BCUT2D eigenvalue weighted by atomic mass is 10.3. The van der Waals surface area contributed by atoms with Gasteiger partial charge in [-0.1, -0.05) is 30.3 Å². The number of halogens is 2. The van der Waals surface area contributed by atoms with Crippen LogP contribution in [0.15, 0.2) is 55.4 Å². The molecule has 0 aliphatic rings. The molecule has 3 rings (SSSR count). The molecule has 0 spiro atoms. The topological polar surface area (TPSA) is 37.9 Å². The van der Waals surface area contributed by atoms with E-state index in [1.807, 2.05) is 28.8 Å². The van der Waals surface area contributed by atoms with Gasteiger partial charge in [0.25, 0.3) is 5.91 Å². The minimum Gasteiger partial charge on any atom is -0.320 e. The van der Waals surface area contributed by atoms with Crippen LogP contribution in [0.3, 0.4) is 0 Å². The largest absolute Gasteiger partial charge is 0.320 e. The average molecular weight is 331 g/mol. The predicted octanol–water partition coefficient (Wildman–Crippen LogP) is 3.46. The summed E-state index contributed by atoms with van der Waals surface area (Å²) in [5.74, 6) is -0.896. The van der Waals surface area contributed by atoms with Crippen LogP contribution < -0.4 is 9.88 Å². The van der Waals surface area contributed by atoms with Crippen LogP contribution in [0.4, 0.5) is 10.1 Å². The van der Waals surface area contributed by atoms with E-state index in [1.165, 1.54) is 12.1 Å². The first-order valence-corrected chi connectivity index (χ1v) is 7.33. The molecule has 0 atom stereocenters. The standard InChI is InChI=1S/C17H13ClFN3O/c1-2-21-11-22(16-6-4-3-5-15(16)21)10-17(23)20-14-8-7-12(18)9-13(14)19/h2-9,11H,1,10H2/p+1. The van der Waals surface area contributed by atoms with Gasteiger partial charge < -0.3 is 5.32 Å². The summed E-state index contributed by atoms with van der Waals surface area (Å²) < 4.78 is 17.3. The number of carbonyl (C=O) groups excluding carboxylic acids is 1. The maximum atomic E-state index is 13.7. The Morgan fingerprint density at radius 2 is 2.13 bits per heavy atom. The van der Waals surface area contributed by atoms with E-state index in [4.69, 9.17) is 11.6 Å². The third-order valence-corrected chi connectivity index (χ3v) is 3.68. The number of para-hydroxylation sites is 2. The molecule has 0 saturated heterocycles. The SMILES string of the molecule is C=Cn1c[n+](CC(=O)Nc2ccc(Cl)cc2F)c2ccccc21. The van der Waals surface area contributed by atoms with Crippen molar-refractivity contribution < 1.29 is 13.8 Å². The Balaban J connectivity index is 1.84. The van der Waals surface area contributed by atoms with Gasteiger partial charge in [0.15, 0.2) is 17.6 Å². The molecule has 1 N–H and O–H groups in total. The predicted molar refractivity (Wildman–Crippen MR) is 88.6 cm³/mol. The van der Waals surface area contributed by atoms with E-state index in [2.05, 4.69) is 11.9 Å². The molecule has 2 aromatic carbocycles. The third kappa shape index (κ3) is 3.10. The van der Waals surface area contributed by atoms with Crippen molar-refractivity contribution in [1.29, 1.82) is 0 Å². The highest BCUT2D eigenvalue weighted by atomic mass is 35.5. The first-order valence-electron chi connectivity index (χ1n) is 6.95. The van der Waals surface area contributed by atoms with Crippen LogP contribution >= 0.6 is 11.6 Å². The lowest BCUT2D eigenvalue weighted by Gasteiger charge is -2.05. The Morgan fingerprint density at radius 3 is 2.87 bits per heavy atom. The second-order valence-electron chi connectivity index (χ2n) is 4.99. The van der Waals surface area contributed by atoms with Crippen molar-refractivity contribution >= 4 is 40.4 Å². The molecule has 1 heterocycles. The molecule has 4 nitrogen and oxygen atoms in total. The van der Waals surface area contributed by atoms with E-state index < -0.39 is 5.82 Å². The molecular formula is C17H14ClFN3O+. The number of hydrogen-bond acceptors (Lipinski definition) is 1. The fraction of sp³-hybridized carbons (Fsp3) is 0.0588. The van der Waals surface area contributed by atoms with Crippen molar-refractivity contribution in [2.75, 3.05) is 5.32 Å². The van der Waals surface area contributed by atoms with Gasteiger partial charge in [0, 0.05) is 5.02 Å². The first kappa shape index (κ1) is 15.2. The molecular weight excluding hydrogens is 317 g/mol. The Hall–Kier alpha value is -2.66. The lowest BCUT2D eigenvalue weighted by Crippen LogP contribution is -2.39. The summed E-state index contributed by atoms with van der Waals surface area (Å²) in [6, 6.07) is 11.8. The van der Waals surface area contributed by atoms with Gasteiger partial charge in [0.2, 0.25) is 6.33 Å². The van der Waals surface area contributed by atoms with Crippen LogP contribution in [-0.4, -0.2) is 10.5 Å². The minimum atomic E-state index is -0.565. The maximum absolute atomic E-state index is 13.7. The molecule has 6 heteroatoms. The molecule has 0 bridgehead atoms. The highest BCUT2D eigenvalue weighted by Gasteiger charge is 2.17. The number of fused-ring (bicyclic) bond motifs is 1. The number of rotatable bonds is 4. The Morgan fingerprint density at radius 1 is 1.35 bits per heavy atom. The molecule has 1 amide bonds. The minimum absolute atomic E-state index is 0.0589. The van der Waals surface area contributed by atoms with Crippen LogP contribution in [0.5, 0.6) is 0 Å². The Kier molecular flexibility index (Phi) is 4.12. The fourth-order valence-corrected chi connectivity index (χ4v) is 2.57. The summed E-state index contributed by atoms with van der Waals surface area (Å²) in [7, 11) is 0. The summed E-state index contributed by atoms with van der Waals surface area (Å²) in [6.07, 6.45) is 3.44. The summed E-state index contributed by atoms with van der Waals surface area (Å²) in [5.41, 5.74) is 1.93. The molecule has 116 valence electrons. The molecule has 0 aliphatic heterocycles. The van der Waals surface area contributed by atoms with Gasteiger partial charge in [-0.05, 0) is 30.3 Å². The van der Waals surface area contributed by atoms with Crippen molar-refractivity contribution in [2.24, 2.45) is 0 Å². The molecule has 0 fully saturated rings. The van der Waals surface area contributed by atoms with Gasteiger partial charge in [-0.25, -0.2) is 13.5 Å². The van der Waals surface area contributed by atoms with Gasteiger partial charge in [-0.2, -0.15) is 0 Å². The van der Waals surface area contributed by atoms with Crippen molar-refractivity contribution in [2.45, 2.75) is 6.54 Å². The number of benzene rings is 2. The number of imidazole rings is 1. The second kappa shape index (κ2) is 6.22. The van der Waals surface area contributed by atoms with Crippen LogP contribution in [0.2, 0.25) is 5.02 Å². The number of carbonyl (C=O) groups is 1. The van der Waals surface area contributed by atoms with E-state index in [0.717, 1.165) is 17.1 Å². The smallest absolute Gasteiger partial charge is 0.266 e. The lowest BCUT2D eigenvalue weighted by molar-refractivity contribution is -0.658. The van der Waals surface area contributed by atoms with Crippen molar-refractivity contribution in [1.82, 2.24) is 4.57 Å². The van der Waals surface area contributed by atoms with E-state index in [0.29, 0.717) is 0 Å². The van der Waals surface area contributed by atoms with E-state index in [1.54, 1.807) is 17.1 Å². The van der Waals surface area contributed by atoms with Crippen molar-refractivity contribution in [3.05, 3.63) is 66.2 Å². The Labute approximate surface area is 137 Å². The quantitative estimate of drug-likeness (QED) is 0.731. The summed E-state index contributed by atoms with van der Waals surface area (Å²) in [6.45, 7) is 3.81. The number of amides is 1. The van der Waals surface area contributed by atoms with Crippen LogP contribution in [-0.2, 0) is 11.3 Å². The number of anilines is 1. The molecule has 23 heavy (non-hydrogen) atoms.